The predicted octanol–water partition coefficient (Wildman–Crippen LogP) is 2.29. The van der Waals surface area contributed by atoms with Gasteiger partial charge >= 0.3 is 5.97 Å². The van der Waals surface area contributed by atoms with E-state index < -0.39 is 28.4 Å². The fourth-order valence-corrected chi connectivity index (χ4v) is 3.49. The first kappa shape index (κ1) is 23.0. The number of rotatable bonds is 9. The smallest absolute Gasteiger partial charge is 0.338 e. The highest BCUT2D eigenvalue weighted by Gasteiger charge is 2.25. The van der Waals surface area contributed by atoms with Gasteiger partial charge < -0.3 is 19.5 Å². The fourth-order valence-electron chi connectivity index (χ4n) is 2.64. The first-order valence-electron chi connectivity index (χ1n) is 8.96. The van der Waals surface area contributed by atoms with E-state index in [1.807, 2.05) is 0 Å². The second kappa shape index (κ2) is 9.97. The summed E-state index contributed by atoms with van der Waals surface area (Å²) >= 11 is 0. The van der Waals surface area contributed by atoms with Crippen molar-refractivity contribution in [2.24, 2.45) is 0 Å². The van der Waals surface area contributed by atoms with Crippen LogP contribution in [0.15, 0.2) is 42.5 Å². The number of ether oxygens (including phenoxy) is 3. The highest BCUT2D eigenvalue weighted by Crippen LogP contribution is 2.33. The summed E-state index contributed by atoms with van der Waals surface area (Å²) < 4.78 is 41.0. The van der Waals surface area contributed by atoms with E-state index in [0.717, 1.165) is 10.6 Å². The van der Waals surface area contributed by atoms with Crippen molar-refractivity contribution in [2.45, 2.75) is 6.92 Å². The number of carbonyl (C=O) groups excluding carboxylic acids is 2. The molecule has 0 aliphatic rings. The summed E-state index contributed by atoms with van der Waals surface area (Å²) in [6.45, 7) is 1.41. The zero-order valence-corrected chi connectivity index (χ0v) is 18.0. The molecule has 0 radical (unpaired) electrons. The molecule has 0 saturated heterocycles. The minimum Gasteiger partial charge on any atom is -0.497 e. The molecule has 0 heterocycles. The van der Waals surface area contributed by atoms with Crippen molar-refractivity contribution in [1.82, 2.24) is 0 Å². The van der Waals surface area contributed by atoms with Gasteiger partial charge in [0.2, 0.25) is 15.9 Å². The van der Waals surface area contributed by atoms with E-state index in [1.54, 1.807) is 37.3 Å². The van der Waals surface area contributed by atoms with E-state index >= 15 is 0 Å². The van der Waals surface area contributed by atoms with Crippen molar-refractivity contribution in [2.75, 3.05) is 43.2 Å². The Labute approximate surface area is 175 Å². The summed E-state index contributed by atoms with van der Waals surface area (Å²) in [5.74, 6) is -0.459. The molecule has 2 aromatic rings. The maximum atomic E-state index is 12.6. The largest absolute Gasteiger partial charge is 0.497 e. The summed E-state index contributed by atoms with van der Waals surface area (Å²) in [7, 11) is -0.989. The number of sulfonamides is 1. The average molecular weight is 436 g/mol. The third kappa shape index (κ3) is 5.86. The normalized spacial score (nSPS) is 10.8. The Hall–Kier alpha value is -3.27. The summed E-state index contributed by atoms with van der Waals surface area (Å²) in [5, 5.41) is 2.59. The molecule has 2 aromatic carbocycles. The Bertz CT molecular complexity index is 1020. The van der Waals surface area contributed by atoms with Gasteiger partial charge in [-0.25, -0.2) is 13.2 Å². The molecule has 2 rings (SSSR count). The quantitative estimate of drug-likeness (QED) is 0.600. The van der Waals surface area contributed by atoms with E-state index in [9.17, 15) is 18.0 Å². The standard InChI is InChI=1S/C20H24N2O7S/c1-5-29-20(24)14-7-6-8-15(11-14)21-19(23)13-22(30(4,25)26)17-12-16(27-2)9-10-18(17)28-3/h6-12H,5,13H2,1-4H3,(H,21,23). The lowest BCUT2D eigenvalue weighted by Crippen LogP contribution is -2.37. The highest BCUT2D eigenvalue weighted by atomic mass is 32.2. The Morgan fingerprint density at radius 1 is 1.07 bits per heavy atom. The lowest BCUT2D eigenvalue weighted by atomic mass is 10.2. The number of anilines is 2. The van der Waals surface area contributed by atoms with Crippen molar-refractivity contribution in [3.05, 3.63) is 48.0 Å². The number of esters is 1. The van der Waals surface area contributed by atoms with Crippen molar-refractivity contribution in [3.8, 4) is 11.5 Å². The average Bonchev–Trinajstić information content (AvgIpc) is 2.71. The van der Waals surface area contributed by atoms with E-state index in [0.29, 0.717) is 11.4 Å². The Balaban J connectivity index is 2.28. The van der Waals surface area contributed by atoms with E-state index in [-0.39, 0.29) is 23.6 Å². The molecule has 1 N–H and O–H groups in total. The van der Waals surface area contributed by atoms with Gasteiger partial charge in [-0.15, -0.1) is 0 Å². The van der Waals surface area contributed by atoms with E-state index in [4.69, 9.17) is 14.2 Å². The molecule has 0 atom stereocenters. The van der Waals surface area contributed by atoms with Crippen LogP contribution >= 0.6 is 0 Å². The van der Waals surface area contributed by atoms with Crippen LogP contribution in [-0.2, 0) is 19.6 Å². The number of hydrogen-bond acceptors (Lipinski definition) is 7. The van der Waals surface area contributed by atoms with Crippen LogP contribution in [0, 0.1) is 0 Å². The molecule has 0 aliphatic carbocycles. The zero-order chi connectivity index (χ0) is 22.3. The van der Waals surface area contributed by atoms with Crippen LogP contribution in [0.5, 0.6) is 11.5 Å². The zero-order valence-electron chi connectivity index (χ0n) is 17.2. The Kier molecular flexibility index (Phi) is 7.65. The van der Waals surface area contributed by atoms with Crippen LogP contribution in [0.1, 0.15) is 17.3 Å². The maximum absolute atomic E-state index is 12.6. The molecule has 0 spiro atoms. The van der Waals surface area contributed by atoms with Gasteiger partial charge in [-0.3, -0.25) is 9.10 Å². The summed E-state index contributed by atoms with van der Waals surface area (Å²) in [4.78, 5) is 24.5. The molecule has 0 bridgehead atoms. The SMILES string of the molecule is CCOC(=O)c1cccc(NC(=O)CN(c2cc(OC)ccc2OC)S(C)(=O)=O)c1. The summed E-state index contributed by atoms with van der Waals surface area (Å²) in [5.41, 5.74) is 0.760. The number of nitrogens with zero attached hydrogens (tertiary/aromatic N) is 1. The van der Waals surface area contributed by atoms with Crippen molar-refractivity contribution in [3.63, 3.8) is 0 Å². The molecule has 0 aliphatic heterocycles. The monoisotopic (exact) mass is 436 g/mol. The third-order valence-electron chi connectivity index (χ3n) is 4.00. The van der Waals surface area contributed by atoms with E-state index in [1.165, 1.54) is 26.4 Å². The topological polar surface area (TPSA) is 111 Å². The van der Waals surface area contributed by atoms with Gasteiger partial charge in [0.25, 0.3) is 0 Å². The molecule has 0 fully saturated rings. The second-order valence-electron chi connectivity index (χ2n) is 6.16. The first-order valence-corrected chi connectivity index (χ1v) is 10.8. The van der Waals surface area contributed by atoms with Crippen LogP contribution in [0.4, 0.5) is 11.4 Å². The molecule has 0 aromatic heterocycles. The fraction of sp³-hybridized carbons (Fsp3) is 0.300. The van der Waals surface area contributed by atoms with Gasteiger partial charge in [-0.2, -0.15) is 0 Å². The minimum absolute atomic E-state index is 0.162. The van der Waals surface area contributed by atoms with Crippen LogP contribution < -0.4 is 19.1 Å². The lowest BCUT2D eigenvalue weighted by Gasteiger charge is -2.24. The molecule has 1 amide bonds. The number of carbonyl (C=O) groups is 2. The van der Waals surface area contributed by atoms with Gasteiger partial charge in [0, 0.05) is 11.8 Å². The van der Waals surface area contributed by atoms with Crippen molar-refractivity contribution in [1.29, 1.82) is 0 Å². The number of amides is 1. The highest BCUT2D eigenvalue weighted by molar-refractivity contribution is 7.92. The maximum Gasteiger partial charge on any atom is 0.338 e. The van der Waals surface area contributed by atoms with Gasteiger partial charge in [0.05, 0.1) is 38.3 Å². The summed E-state index contributed by atoms with van der Waals surface area (Å²) in [6.07, 6.45) is 0.987. The lowest BCUT2D eigenvalue weighted by molar-refractivity contribution is -0.114. The predicted molar refractivity (Wildman–Crippen MR) is 113 cm³/mol. The third-order valence-corrected chi connectivity index (χ3v) is 5.13. The molecule has 10 heteroatoms. The van der Waals surface area contributed by atoms with E-state index in [2.05, 4.69) is 5.32 Å². The van der Waals surface area contributed by atoms with Gasteiger partial charge in [-0.05, 0) is 37.3 Å². The molecular formula is C20H24N2O7S. The molecule has 30 heavy (non-hydrogen) atoms. The molecule has 0 saturated carbocycles. The Morgan fingerprint density at radius 2 is 1.80 bits per heavy atom. The molecular weight excluding hydrogens is 412 g/mol. The van der Waals surface area contributed by atoms with Crippen LogP contribution in [0.3, 0.4) is 0 Å². The van der Waals surface area contributed by atoms with Gasteiger partial charge in [0.1, 0.15) is 18.0 Å². The van der Waals surface area contributed by atoms with Crippen molar-refractivity contribution < 1.29 is 32.2 Å². The van der Waals surface area contributed by atoms with Crippen LogP contribution in [0.25, 0.3) is 0 Å². The van der Waals surface area contributed by atoms with Crippen LogP contribution in [-0.4, -0.2) is 53.9 Å². The summed E-state index contributed by atoms with van der Waals surface area (Å²) in [6, 6.07) is 10.8. The van der Waals surface area contributed by atoms with Crippen molar-refractivity contribution >= 4 is 33.3 Å². The Morgan fingerprint density at radius 3 is 2.40 bits per heavy atom. The number of hydrogen-bond donors (Lipinski definition) is 1. The number of benzene rings is 2. The number of nitrogens with one attached hydrogen (secondary N) is 1. The number of methoxy groups -OCH3 is 2. The molecule has 9 nitrogen and oxygen atoms in total. The first-order chi connectivity index (χ1) is 14.2. The second-order valence-corrected chi connectivity index (χ2v) is 8.06. The minimum atomic E-state index is -3.83. The molecule has 162 valence electrons. The van der Waals surface area contributed by atoms with Crippen LogP contribution in [0.2, 0.25) is 0 Å². The van der Waals surface area contributed by atoms with Gasteiger partial charge in [-0.1, -0.05) is 6.07 Å². The van der Waals surface area contributed by atoms with Gasteiger partial charge in [0.15, 0.2) is 0 Å². The molecule has 0 unspecified atom stereocenters.